The van der Waals surface area contributed by atoms with Crippen LogP contribution < -0.4 is 16.6 Å². The van der Waals surface area contributed by atoms with Gasteiger partial charge in [-0.2, -0.15) is 0 Å². The Balaban J connectivity index is 2.14. The number of rotatable bonds is 3. The monoisotopic (exact) mass is 350 g/mol. The van der Waals surface area contributed by atoms with E-state index in [9.17, 15) is 9.59 Å². The van der Waals surface area contributed by atoms with Gasteiger partial charge >= 0.3 is 0 Å². The molecule has 0 aliphatic heterocycles. The number of hydrogen-bond donors (Lipinski definition) is 2. The number of nitrogens with zero attached hydrogens (tertiary/aromatic N) is 2. The Hall–Kier alpha value is -2.15. The summed E-state index contributed by atoms with van der Waals surface area (Å²) in [5.74, 6) is -0.321. The minimum absolute atomic E-state index is 0.113. The largest absolute Gasteiger partial charge is 0.398 e. The summed E-state index contributed by atoms with van der Waals surface area (Å²) >= 11 is 3.16. The first-order valence-corrected chi connectivity index (χ1v) is 7.05. The van der Waals surface area contributed by atoms with Crippen molar-refractivity contribution in [2.75, 3.05) is 11.1 Å². The highest BCUT2D eigenvalue weighted by molar-refractivity contribution is 9.10. The number of anilines is 2. The zero-order valence-corrected chi connectivity index (χ0v) is 13.3. The second-order valence-electron chi connectivity index (χ2n) is 4.70. The van der Waals surface area contributed by atoms with Crippen molar-refractivity contribution in [3.05, 3.63) is 50.6 Å². The van der Waals surface area contributed by atoms with Gasteiger partial charge in [-0.05, 0) is 47.5 Å². The van der Waals surface area contributed by atoms with Gasteiger partial charge < -0.3 is 11.1 Å². The third-order valence-corrected chi connectivity index (χ3v) is 3.95. The van der Waals surface area contributed by atoms with Gasteiger partial charge in [0.1, 0.15) is 11.0 Å². The number of hydrogen-bond acceptors (Lipinski definition) is 4. The van der Waals surface area contributed by atoms with E-state index >= 15 is 0 Å². The van der Waals surface area contributed by atoms with E-state index in [1.54, 1.807) is 19.1 Å². The first kappa shape index (κ1) is 15.2. The summed E-state index contributed by atoms with van der Waals surface area (Å²) < 4.78 is 1.60. The Morgan fingerprint density at radius 1 is 1.43 bits per heavy atom. The number of benzene rings is 1. The van der Waals surface area contributed by atoms with E-state index in [4.69, 9.17) is 5.73 Å². The smallest absolute Gasteiger partial charge is 0.268 e. The Kier molecular flexibility index (Phi) is 4.42. The van der Waals surface area contributed by atoms with Crippen molar-refractivity contribution in [2.45, 2.75) is 20.4 Å². The van der Waals surface area contributed by atoms with Crippen molar-refractivity contribution in [2.24, 2.45) is 0 Å². The zero-order valence-electron chi connectivity index (χ0n) is 11.7. The third-order valence-electron chi connectivity index (χ3n) is 3.03. The second-order valence-corrected chi connectivity index (χ2v) is 5.49. The van der Waals surface area contributed by atoms with Crippen molar-refractivity contribution in [3.63, 3.8) is 0 Å². The van der Waals surface area contributed by atoms with Crippen LogP contribution in [0.1, 0.15) is 11.3 Å². The summed E-state index contributed by atoms with van der Waals surface area (Å²) in [7, 11) is 0. The number of carbonyl (C=O) groups excluding carboxylic acids is 1. The van der Waals surface area contributed by atoms with Gasteiger partial charge in [-0.3, -0.25) is 14.2 Å². The fourth-order valence-corrected chi connectivity index (χ4v) is 2.06. The maximum Gasteiger partial charge on any atom is 0.268 e. The topological polar surface area (TPSA) is 90.0 Å². The van der Waals surface area contributed by atoms with Gasteiger partial charge in [0.05, 0.1) is 12.0 Å². The molecule has 0 bridgehead atoms. The fraction of sp³-hybridized carbons (Fsp3) is 0.214. The van der Waals surface area contributed by atoms with Gasteiger partial charge in [-0.25, -0.2) is 4.98 Å². The molecule has 0 spiro atoms. The number of nitrogens with one attached hydrogen (secondary N) is 1. The number of amides is 1. The minimum atomic E-state index is -0.321. The molecule has 1 aromatic heterocycles. The van der Waals surface area contributed by atoms with E-state index < -0.39 is 0 Å². The molecule has 0 unspecified atom stereocenters. The molecule has 21 heavy (non-hydrogen) atoms. The highest BCUT2D eigenvalue weighted by Gasteiger charge is 2.09. The highest BCUT2D eigenvalue weighted by atomic mass is 79.9. The highest BCUT2D eigenvalue weighted by Crippen LogP contribution is 2.16. The number of aryl methyl sites for hydroxylation is 2. The lowest BCUT2D eigenvalue weighted by molar-refractivity contribution is -0.116. The van der Waals surface area contributed by atoms with E-state index in [0.29, 0.717) is 21.5 Å². The number of halogens is 1. The molecule has 0 radical (unpaired) electrons. The van der Waals surface area contributed by atoms with Crippen LogP contribution in [0.4, 0.5) is 11.4 Å². The molecule has 0 aliphatic rings. The van der Waals surface area contributed by atoms with Crippen LogP contribution in [0.2, 0.25) is 0 Å². The molecular weight excluding hydrogens is 336 g/mol. The molecule has 6 nitrogen and oxygen atoms in total. The van der Waals surface area contributed by atoms with Gasteiger partial charge in [0.15, 0.2) is 0 Å². The lowest BCUT2D eigenvalue weighted by atomic mass is 10.2. The normalized spacial score (nSPS) is 10.4. The average molecular weight is 351 g/mol. The maximum atomic E-state index is 12.0. The second kappa shape index (κ2) is 6.09. The van der Waals surface area contributed by atoms with Gasteiger partial charge in [0, 0.05) is 11.4 Å². The molecule has 1 aromatic carbocycles. The Morgan fingerprint density at radius 3 is 2.81 bits per heavy atom. The lowest BCUT2D eigenvalue weighted by Gasteiger charge is -2.09. The first-order chi connectivity index (χ1) is 9.88. The van der Waals surface area contributed by atoms with Crippen molar-refractivity contribution in [3.8, 4) is 0 Å². The summed E-state index contributed by atoms with van der Waals surface area (Å²) in [6, 6.07) is 5.26. The number of aromatic nitrogens is 2. The molecule has 0 saturated carbocycles. The van der Waals surface area contributed by atoms with Gasteiger partial charge in [-0.15, -0.1) is 0 Å². The van der Waals surface area contributed by atoms with Crippen LogP contribution >= 0.6 is 15.9 Å². The first-order valence-electron chi connectivity index (χ1n) is 6.26. The number of nitrogens with two attached hydrogens (primary N) is 1. The predicted octanol–water partition coefficient (Wildman–Crippen LogP) is 1.84. The zero-order chi connectivity index (χ0) is 15.6. The standard InChI is InChI=1S/C14H15BrN4O2/c1-8-3-4-10(5-11(8)16)18-12(20)6-19-7-17-9(2)13(15)14(19)21/h3-5,7H,6,16H2,1-2H3,(H,18,20). The van der Waals surface area contributed by atoms with E-state index in [0.717, 1.165) is 5.56 Å². The molecule has 3 N–H and O–H groups in total. The summed E-state index contributed by atoms with van der Waals surface area (Å²) in [5, 5.41) is 2.70. The van der Waals surface area contributed by atoms with E-state index in [2.05, 4.69) is 26.2 Å². The Morgan fingerprint density at radius 2 is 2.14 bits per heavy atom. The summed E-state index contributed by atoms with van der Waals surface area (Å²) in [5.41, 5.74) is 8.22. The summed E-state index contributed by atoms with van der Waals surface area (Å²) in [6.07, 6.45) is 1.35. The Labute approximate surface area is 130 Å². The van der Waals surface area contributed by atoms with E-state index in [1.807, 2.05) is 13.0 Å². The molecule has 0 aliphatic carbocycles. The molecule has 0 fully saturated rings. The van der Waals surface area contributed by atoms with Crippen LogP contribution in [0.5, 0.6) is 0 Å². The van der Waals surface area contributed by atoms with Crippen LogP contribution in [0, 0.1) is 13.8 Å². The molecule has 2 rings (SSSR count). The molecule has 0 atom stereocenters. The van der Waals surface area contributed by atoms with Crippen molar-refractivity contribution >= 4 is 33.2 Å². The lowest BCUT2D eigenvalue weighted by Crippen LogP contribution is -2.28. The average Bonchev–Trinajstić information content (AvgIpc) is 2.44. The number of nitrogen functional groups attached to an aromatic ring is 1. The van der Waals surface area contributed by atoms with Crippen LogP contribution in [0.3, 0.4) is 0 Å². The molecule has 1 heterocycles. The molecule has 110 valence electrons. The van der Waals surface area contributed by atoms with E-state index in [1.165, 1.54) is 10.9 Å². The summed E-state index contributed by atoms with van der Waals surface area (Å²) in [4.78, 5) is 28.0. The van der Waals surface area contributed by atoms with Crippen LogP contribution in [-0.2, 0) is 11.3 Å². The van der Waals surface area contributed by atoms with Crippen molar-refractivity contribution in [1.29, 1.82) is 0 Å². The van der Waals surface area contributed by atoms with Crippen LogP contribution in [0.15, 0.2) is 33.8 Å². The van der Waals surface area contributed by atoms with Crippen LogP contribution in [-0.4, -0.2) is 15.5 Å². The third kappa shape index (κ3) is 3.49. The predicted molar refractivity (Wildman–Crippen MR) is 85.2 cm³/mol. The quantitative estimate of drug-likeness (QED) is 0.826. The van der Waals surface area contributed by atoms with Crippen LogP contribution in [0.25, 0.3) is 0 Å². The van der Waals surface area contributed by atoms with Gasteiger partial charge in [-0.1, -0.05) is 6.07 Å². The molecule has 0 saturated heterocycles. The molecule has 2 aromatic rings. The van der Waals surface area contributed by atoms with Crippen molar-refractivity contribution in [1.82, 2.24) is 9.55 Å². The molecular formula is C14H15BrN4O2. The van der Waals surface area contributed by atoms with Gasteiger partial charge in [0.2, 0.25) is 5.91 Å². The minimum Gasteiger partial charge on any atom is -0.398 e. The molecule has 7 heteroatoms. The number of carbonyl (C=O) groups is 1. The summed E-state index contributed by atoms with van der Waals surface area (Å²) in [6.45, 7) is 3.49. The van der Waals surface area contributed by atoms with Crippen molar-refractivity contribution < 1.29 is 4.79 Å². The van der Waals surface area contributed by atoms with E-state index in [-0.39, 0.29) is 18.0 Å². The Bertz CT molecular complexity index is 755. The fourth-order valence-electron chi connectivity index (χ4n) is 1.73. The molecule has 1 amide bonds. The van der Waals surface area contributed by atoms with Gasteiger partial charge in [0.25, 0.3) is 5.56 Å². The SMILES string of the molecule is Cc1ccc(NC(=O)Cn2cnc(C)c(Br)c2=O)cc1N. The maximum absolute atomic E-state index is 12.0.